The summed E-state index contributed by atoms with van der Waals surface area (Å²) in [6, 6.07) is 7.15. The van der Waals surface area contributed by atoms with Crippen LogP contribution in [-0.4, -0.2) is 19.0 Å². The van der Waals surface area contributed by atoms with Crippen LogP contribution in [0.5, 0.6) is 0 Å². The molecule has 2 heterocycles. The van der Waals surface area contributed by atoms with E-state index in [1.807, 2.05) is 26.0 Å². The molecule has 0 saturated carbocycles. The highest BCUT2D eigenvalue weighted by Gasteiger charge is 1.92. The third-order valence-electron chi connectivity index (χ3n) is 1.76. The van der Waals surface area contributed by atoms with E-state index in [2.05, 4.69) is 4.74 Å². The van der Waals surface area contributed by atoms with Crippen LogP contribution in [0.2, 0.25) is 0 Å². The van der Waals surface area contributed by atoms with E-state index in [-0.39, 0.29) is 6.61 Å². The van der Waals surface area contributed by atoms with Crippen molar-refractivity contribution in [3.63, 3.8) is 0 Å². The zero-order chi connectivity index (χ0) is 14.3. The van der Waals surface area contributed by atoms with Crippen LogP contribution < -0.4 is 0 Å². The second-order valence-corrected chi connectivity index (χ2v) is 3.07. The van der Waals surface area contributed by atoms with E-state index < -0.39 is 0 Å². The molecule has 0 spiro atoms. The first kappa shape index (κ1) is 17.4. The zero-order valence-electron chi connectivity index (χ0n) is 11.7. The minimum absolute atomic E-state index is 0.00694. The van der Waals surface area contributed by atoms with Gasteiger partial charge in [0.05, 0.1) is 12.5 Å². The first-order valence-corrected chi connectivity index (χ1v) is 6.09. The fourth-order valence-electron chi connectivity index (χ4n) is 1.02. The summed E-state index contributed by atoms with van der Waals surface area (Å²) in [4.78, 5) is 0. The maximum atomic E-state index is 8.33. The third kappa shape index (κ3) is 9.07. The van der Waals surface area contributed by atoms with Gasteiger partial charge in [0.2, 0.25) is 0 Å². The Hall–Kier alpha value is -1.56. The number of furan rings is 2. The van der Waals surface area contributed by atoms with E-state index in [1.165, 1.54) is 6.26 Å². The highest BCUT2D eigenvalue weighted by molar-refractivity contribution is 4.96. The molecule has 5 heteroatoms. The molecular weight excluding hydrogens is 248 g/mol. The predicted octanol–water partition coefficient (Wildman–Crippen LogP) is 3.20. The molecule has 0 amide bonds. The van der Waals surface area contributed by atoms with Crippen molar-refractivity contribution >= 4 is 0 Å². The first-order valence-electron chi connectivity index (χ1n) is 6.09. The summed E-state index contributed by atoms with van der Waals surface area (Å²) in [6.45, 7) is 4.77. The average Bonchev–Trinajstić information content (AvgIpc) is 3.15. The van der Waals surface area contributed by atoms with Crippen LogP contribution in [0.1, 0.15) is 25.4 Å². The molecule has 0 aromatic carbocycles. The van der Waals surface area contributed by atoms with E-state index in [9.17, 15) is 0 Å². The monoisotopic (exact) mass is 270 g/mol. The lowest BCUT2D eigenvalue weighted by molar-refractivity contribution is -0.0440. The van der Waals surface area contributed by atoms with Gasteiger partial charge in [-0.3, -0.25) is 0 Å². The van der Waals surface area contributed by atoms with Crippen LogP contribution in [0.25, 0.3) is 0 Å². The number of aliphatic hydroxyl groups is 1. The van der Waals surface area contributed by atoms with Crippen molar-refractivity contribution in [3.8, 4) is 0 Å². The van der Waals surface area contributed by atoms with Gasteiger partial charge in [-0.1, -0.05) is 13.8 Å². The molecule has 0 fully saturated rings. The summed E-state index contributed by atoms with van der Waals surface area (Å²) in [5.41, 5.74) is 0. The van der Waals surface area contributed by atoms with E-state index >= 15 is 0 Å². The Balaban J connectivity index is 0.000000316. The molecular formula is C14H22O5. The van der Waals surface area contributed by atoms with Gasteiger partial charge in [0.15, 0.2) is 0 Å². The minimum atomic E-state index is -0.00694. The zero-order valence-corrected chi connectivity index (χ0v) is 11.7. The SMILES string of the molecule is CC.COCOCc1ccco1.OCc1ccco1. The molecule has 2 rings (SSSR count). The molecule has 0 aliphatic carbocycles. The van der Waals surface area contributed by atoms with Gasteiger partial charge in [-0.05, 0) is 24.3 Å². The van der Waals surface area contributed by atoms with E-state index in [1.54, 1.807) is 25.5 Å². The molecule has 0 unspecified atom stereocenters. The van der Waals surface area contributed by atoms with Crippen LogP contribution in [-0.2, 0) is 22.7 Å². The Kier molecular flexibility index (Phi) is 11.8. The normalized spacial score (nSPS) is 9.05. The van der Waals surface area contributed by atoms with Crippen molar-refractivity contribution in [2.75, 3.05) is 13.9 Å². The number of rotatable bonds is 5. The largest absolute Gasteiger partial charge is 0.467 e. The molecule has 1 N–H and O–H groups in total. The van der Waals surface area contributed by atoms with Crippen molar-refractivity contribution in [1.29, 1.82) is 0 Å². The van der Waals surface area contributed by atoms with Crippen LogP contribution in [0, 0.1) is 0 Å². The molecule has 108 valence electrons. The lowest BCUT2D eigenvalue weighted by Crippen LogP contribution is -1.95. The fraction of sp³-hybridized carbons (Fsp3) is 0.429. The molecule has 0 aliphatic heterocycles. The van der Waals surface area contributed by atoms with Crippen LogP contribution in [0.4, 0.5) is 0 Å². The Bertz CT molecular complexity index is 353. The Labute approximate surface area is 113 Å². The first-order chi connectivity index (χ1) is 9.36. The summed E-state index contributed by atoms with van der Waals surface area (Å²) in [6.07, 6.45) is 3.15. The molecule has 0 saturated heterocycles. The summed E-state index contributed by atoms with van der Waals surface area (Å²) >= 11 is 0. The van der Waals surface area contributed by atoms with Crippen LogP contribution in [0.15, 0.2) is 45.6 Å². The van der Waals surface area contributed by atoms with Crippen molar-refractivity contribution in [2.24, 2.45) is 0 Å². The van der Waals surface area contributed by atoms with Crippen LogP contribution in [0.3, 0.4) is 0 Å². The summed E-state index contributed by atoms with van der Waals surface area (Å²) in [5.74, 6) is 1.43. The summed E-state index contributed by atoms with van der Waals surface area (Å²) in [5, 5.41) is 8.33. The second kappa shape index (κ2) is 12.9. The summed E-state index contributed by atoms with van der Waals surface area (Å²) < 4.78 is 19.4. The Morgan fingerprint density at radius 2 is 1.63 bits per heavy atom. The lowest BCUT2D eigenvalue weighted by Gasteiger charge is -1.97. The maximum Gasteiger partial charge on any atom is 0.146 e. The molecule has 0 radical (unpaired) electrons. The number of methoxy groups -OCH3 is 1. The Morgan fingerprint density at radius 1 is 1.05 bits per heavy atom. The van der Waals surface area contributed by atoms with E-state index in [0.29, 0.717) is 19.2 Å². The number of aliphatic hydroxyl groups excluding tert-OH is 1. The lowest BCUT2D eigenvalue weighted by atomic mass is 10.5. The molecule has 0 bridgehead atoms. The van der Waals surface area contributed by atoms with Crippen molar-refractivity contribution < 1.29 is 23.4 Å². The van der Waals surface area contributed by atoms with Gasteiger partial charge in [0.25, 0.3) is 0 Å². The smallest absolute Gasteiger partial charge is 0.146 e. The highest BCUT2D eigenvalue weighted by atomic mass is 16.7. The second-order valence-electron chi connectivity index (χ2n) is 3.07. The van der Waals surface area contributed by atoms with Crippen LogP contribution >= 0.6 is 0 Å². The average molecular weight is 270 g/mol. The van der Waals surface area contributed by atoms with Gasteiger partial charge in [-0.2, -0.15) is 0 Å². The number of hydrogen-bond donors (Lipinski definition) is 1. The predicted molar refractivity (Wildman–Crippen MR) is 71.4 cm³/mol. The van der Waals surface area contributed by atoms with Gasteiger partial charge >= 0.3 is 0 Å². The molecule has 0 aliphatic rings. The number of ether oxygens (including phenoxy) is 2. The number of hydrogen-bond acceptors (Lipinski definition) is 5. The van der Waals surface area contributed by atoms with Gasteiger partial charge in [0, 0.05) is 7.11 Å². The molecule has 2 aromatic heterocycles. The third-order valence-corrected chi connectivity index (χ3v) is 1.76. The Morgan fingerprint density at radius 3 is 2.00 bits per heavy atom. The van der Waals surface area contributed by atoms with Crippen molar-refractivity contribution in [3.05, 3.63) is 48.3 Å². The minimum Gasteiger partial charge on any atom is -0.467 e. The van der Waals surface area contributed by atoms with Gasteiger partial charge in [-0.25, -0.2) is 0 Å². The highest BCUT2D eigenvalue weighted by Crippen LogP contribution is 2.00. The van der Waals surface area contributed by atoms with E-state index in [0.717, 1.165) is 5.76 Å². The van der Waals surface area contributed by atoms with Crippen molar-refractivity contribution in [2.45, 2.75) is 27.1 Å². The van der Waals surface area contributed by atoms with E-state index in [4.69, 9.17) is 18.7 Å². The molecule has 2 aromatic rings. The van der Waals surface area contributed by atoms with Gasteiger partial charge < -0.3 is 23.4 Å². The van der Waals surface area contributed by atoms with Gasteiger partial charge in [0.1, 0.15) is 31.5 Å². The standard InChI is InChI=1S/C7H10O3.C5H6O2.C2H6/c1-8-6-9-5-7-3-2-4-10-7;6-4-5-2-1-3-7-5;1-2/h2-4H,5-6H2,1H3;1-3,6H,4H2;1-2H3. The topological polar surface area (TPSA) is 65.0 Å². The fourth-order valence-corrected chi connectivity index (χ4v) is 1.02. The van der Waals surface area contributed by atoms with Gasteiger partial charge in [-0.15, -0.1) is 0 Å². The molecule has 19 heavy (non-hydrogen) atoms. The van der Waals surface area contributed by atoms with Crippen molar-refractivity contribution in [1.82, 2.24) is 0 Å². The molecule has 0 atom stereocenters. The quantitative estimate of drug-likeness (QED) is 0.667. The molecule has 5 nitrogen and oxygen atoms in total. The summed E-state index contributed by atoms with van der Waals surface area (Å²) in [7, 11) is 1.59. The maximum absolute atomic E-state index is 8.33.